The van der Waals surface area contributed by atoms with Crippen LogP contribution in [-0.4, -0.2) is 18.7 Å². The number of nitrogens with zero attached hydrogens (tertiary/aromatic N) is 4. The van der Waals surface area contributed by atoms with E-state index in [0.29, 0.717) is 5.92 Å². The summed E-state index contributed by atoms with van der Waals surface area (Å²) < 4.78 is 6.83. The number of hydrogen-bond donors (Lipinski definition) is 0. The predicted molar refractivity (Wildman–Crippen MR) is 201 cm³/mol. The SMILES string of the molecule is CC(C)c1ccccc1-c1ccnc(-n2c3[c-]c(Sc4[c-]c(-n5[cH+]n(C(C)(C)C)c6ccccc65)ccc4)ccc3c3ccccc32)c1.[Pt]. The van der Waals surface area contributed by atoms with Crippen molar-refractivity contribution in [1.29, 1.82) is 0 Å². The summed E-state index contributed by atoms with van der Waals surface area (Å²) >= 11 is 1.68. The Bertz CT molecular complexity index is 2470. The molecule has 0 unspecified atom stereocenters. The molecule has 0 N–H and O–H groups in total. The molecule has 0 amide bonds. The second kappa shape index (κ2) is 13.1. The van der Waals surface area contributed by atoms with Crippen LogP contribution in [0.5, 0.6) is 0 Å². The molecule has 0 radical (unpaired) electrons. The Morgan fingerprint density at radius 1 is 0.714 bits per heavy atom. The van der Waals surface area contributed by atoms with Gasteiger partial charge in [0.15, 0.2) is 17.4 Å². The number of rotatable bonds is 6. The van der Waals surface area contributed by atoms with Crippen molar-refractivity contribution in [2.24, 2.45) is 0 Å². The summed E-state index contributed by atoms with van der Waals surface area (Å²) in [4.78, 5) is 6.98. The number of aromatic nitrogens is 4. The van der Waals surface area contributed by atoms with E-state index in [2.05, 4.69) is 182 Å². The molecule has 5 aromatic carbocycles. The van der Waals surface area contributed by atoms with E-state index < -0.39 is 0 Å². The van der Waals surface area contributed by atoms with Crippen molar-refractivity contribution in [3.8, 4) is 22.6 Å². The molecule has 0 atom stereocenters. The van der Waals surface area contributed by atoms with Crippen molar-refractivity contribution in [2.75, 3.05) is 0 Å². The van der Waals surface area contributed by atoms with Gasteiger partial charge in [-0.2, -0.15) is 24.3 Å². The minimum Gasteiger partial charge on any atom is -0.319 e. The fourth-order valence-corrected chi connectivity index (χ4v) is 7.56. The van der Waals surface area contributed by atoms with Crippen LogP contribution in [0, 0.1) is 12.1 Å². The number of hydrogen-bond acceptors (Lipinski definition) is 2. The second-order valence-corrected chi connectivity index (χ2v) is 14.7. The summed E-state index contributed by atoms with van der Waals surface area (Å²) in [5, 5.41) is 2.35. The van der Waals surface area contributed by atoms with Gasteiger partial charge in [0.1, 0.15) is 5.82 Å². The maximum absolute atomic E-state index is 4.91. The molecule has 0 fully saturated rings. The van der Waals surface area contributed by atoms with Crippen molar-refractivity contribution >= 4 is 44.6 Å². The Kier molecular flexibility index (Phi) is 8.85. The van der Waals surface area contributed by atoms with E-state index in [9.17, 15) is 0 Å². The number of fused-ring (bicyclic) bond motifs is 4. The third-order valence-corrected chi connectivity index (χ3v) is 9.93. The van der Waals surface area contributed by atoms with Crippen LogP contribution in [0.2, 0.25) is 0 Å². The monoisotopic (exact) mass is 836 g/mol. The minimum atomic E-state index is -0.0494. The predicted octanol–water partition coefficient (Wildman–Crippen LogP) is 11.5. The van der Waals surface area contributed by atoms with Gasteiger partial charge in [0, 0.05) is 50.6 Å². The summed E-state index contributed by atoms with van der Waals surface area (Å²) in [7, 11) is 0. The van der Waals surface area contributed by atoms with Gasteiger partial charge in [-0.05, 0) is 79.1 Å². The van der Waals surface area contributed by atoms with E-state index in [0.717, 1.165) is 48.8 Å². The number of pyridine rings is 1. The molecule has 6 heteroatoms. The molecular formula is C43H37N4PtS-. The minimum absolute atomic E-state index is 0. The topological polar surface area (TPSA) is 27.7 Å². The summed E-state index contributed by atoms with van der Waals surface area (Å²) in [6, 6.07) is 48.4. The van der Waals surface area contributed by atoms with E-state index in [1.54, 1.807) is 11.8 Å². The van der Waals surface area contributed by atoms with E-state index in [1.807, 2.05) is 6.20 Å². The zero-order valence-corrected chi connectivity index (χ0v) is 31.3. The van der Waals surface area contributed by atoms with Crippen LogP contribution in [0.15, 0.2) is 138 Å². The average Bonchev–Trinajstić information content (AvgIpc) is 3.65. The summed E-state index contributed by atoms with van der Waals surface area (Å²) in [6.07, 6.45) is 4.12. The Morgan fingerprint density at radius 3 is 2.22 bits per heavy atom. The van der Waals surface area contributed by atoms with Gasteiger partial charge in [-0.3, -0.25) is 0 Å². The van der Waals surface area contributed by atoms with Crippen LogP contribution in [0.3, 0.4) is 0 Å². The summed E-state index contributed by atoms with van der Waals surface area (Å²) in [6.45, 7) is 11.2. The van der Waals surface area contributed by atoms with Gasteiger partial charge in [0.2, 0.25) is 0 Å². The van der Waals surface area contributed by atoms with Crippen molar-refractivity contribution in [3.05, 3.63) is 145 Å². The maximum Gasteiger partial charge on any atom is 0.188 e. The first-order valence-electron chi connectivity index (χ1n) is 16.5. The first-order chi connectivity index (χ1) is 23.3. The standard InChI is InChI=1S/C43H37N4S.Pt/c1-29(2)34-15-6-7-16-35(34)30-23-24-44-42(25-30)47-38-18-9-8-17-36(38)37-22-21-33(27-41(37)47)48-32-14-12-13-31(26-32)45-28-46(43(3,4)5)40-20-11-10-19-39(40)45;/h6-25,28-29H,1-5H3;/q-1;. The van der Waals surface area contributed by atoms with Crippen LogP contribution in [-0.2, 0) is 26.6 Å². The zero-order valence-electron chi connectivity index (χ0n) is 28.2. The fraction of sp³-hybridized carbons (Fsp3) is 0.163. The Labute approximate surface area is 306 Å². The molecule has 0 aliphatic heterocycles. The quantitative estimate of drug-likeness (QED) is 0.156. The summed E-state index contributed by atoms with van der Waals surface area (Å²) in [5.41, 5.74) is 9.20. The van der Waals surface area contributed by atoms with Crippen LogP contribution in [0.25, 0.3) is 55.5 Å². The molecule has 0 saturated heterocycles. The Morgan fingerprint density at radius 2 is 1.43 bits per heavy atom. The van der Waals surface area contributed by atoms with Gasteiger partial charge in [0.05, 0.1) is 5.54 Å². The molecule has 0 saturated carbocycles. The van der Waals surface area contributed by atoms with Crippen LogP contribution >= 0.6 is 11.8 Å². The van der Waals surface area contributed by atoms with Crippen molar-refractivity contribution in [1.82, 2.24) is 18.7 Å². The third-order valence-electron chi connectivity index (χ3n) is 9.01. The normalized spacial score (nSPS) is 11.9. The van der Waals surface area contributed by atoms with E-state index >= 15 is 0 Å². The Balaban J connectivity index is 0.00000378. The van der Waals surface area contributed by atoms with Crippen LogP contribution in [0.1, 0.15) is 46.1 Å². The number of para-hydroxylation sites is 3. The van der Waals surface area contributed by atoms with Crippen molar-refractivity contribution in [2.45, 2.75) is 55.9 Å². The molecule has 0 spiro atoms. The Hall–Kier alpha value is -4.44. The molecular weight excluding hydrogens is 800 g/mol. The van der Waals surface area contributed by atoms with Gasteiger partial charge in [-0.1, -0.05) is 72.8 Å². The molecule has 8 rings (SSSR count). The third kappa shape index (κ3) is 6.04. The van der Waals surface area contributed by atoms with E-state index in [-0.39, 0.29) is 26.6 Å². The largest absolute Gasteiger partial charge is 0.319 e. The average molecular weight is 837 g/mol. The van der Waals surface area contributed by atoms with Crippen LogP contribution in [0.4, 0.5) is 0 Å². The number of imidazole rings is 1. The van der Waals surface area contributed by atoms with E-state index in [1.165, 1.54) is 22.0 Å². The molecule has 3 heterocycles. The van der Waals surface area contributed by atoms with Gasteiger partial charge in [0.25, 0.3) is 0 Å². The molecule has 246 valence electrons. The van der Waals surface area contributed by atoms with Gasteiger partial charge >= 0.3 is 0 Å². The van der Waals surface area contributed by atoms with Crippen molar-refractivity contribution in [3.63, 3.8) is 0 Å². The maximum atomic E-state index is 4.91. The smallest absolute Gasteiger partial charge is 0.188 e. The van der Waals surface area contributed by atoms with Gasteiger partial charge in [-0.15, -0.1) is 34.2 Å². The van der Waals surface area contributed by atoms with Gasteiger partial charge in [-0.25, -0.2) is 14.1 Å². The molecule has 4 nitrogen and oxygen atoms in total. The van der Waals surface area contributed by atoms with E-state index in [4.69, 9.17) is 4.98 Å². The molecule has 0 aliphatic carbocycles. The molecule has 49 heavy (non-hydrogen) atoms. The second-order valence-electron chi connectivity index (χ2n) is 13.6. The molecule has 0 bridgehead atoms. The molecule has 8 aromatic rings. The molecule has 0 aliphatic rings. The fourth-order valence-electron chi connectivity index (χ4n) is 6.74. The van der Waals surface area contributed by atoms with Crippen LogP contribution < -0.4 is 0 Å². The first kappa shape index (κ1) is 33.1. The molecule has 3 aromatic heterocycles. The first-order valence-corrected chi connectivity index (χ1v) is 17.3. The van der Waals surface area contributed by atoms with Gasteiger partial charge < -0.3 is 4.57 Å². The zero-order chi connectivity index (χ0) is 33.0. The van der Waals surface area contributed by atoms with Crippen molar-refractivity contribution < 1.29 is 21.1 Å². The summed E-state index contributed by atoms with van der Waals surface area (Å²) in [5.74, 6) is 1.31. The number of benzene rings is 5.